The number of alkyl halides is 1. The van der Waals surface area contributed by atoms with E-state index in [9.17, 15) is 4.79 Å². The Morgan fingerprint density at radius 3 is 2.69 bits per heavy atom. The molecule has 0 aromatic heterocycles. The molecule has 3 nitrogen and oxygen atoms in total. The van der Waals surface area contributed by atoms with E-state index in [1.54, 1.807) is 7.11 Å². The SMILES string of the molecule is COC1(CNC(=O)CCCl)CCC1. The number of ether oxygens (including phenoxy) is 1. The van der Waals surface area contributed by atoms with E-state index in [4.69, 9.17) is 16.3 Å². The molecule has 1 saturated carbocycles. The minimum Gasteiger partial charge on any atom is -0.376 e. The molecule has 0 heterocycles. The minimum atomic E-state index is -0.0814. The summed E-state index contributed by atoms with van der Waals surface area (Å²) >= 11 is 5.44. The summed E-state index contributed by atoms with van der Waals surface area (Å²) in [5, 5.41) is 2.83. The van der Waals surface area contributed by atoms with E-state index in [0.29, 0.717) is 18.8 Å². The minimum absolute atomic E-state index is 0.0123. The predicted molar refractivity (Wildman–Crippen MR) is 51.9 cm³/mol. The van der Waals surface area contributed by atoms with E-state index in [-0.39, 0.29) is 11.5 Å². The maximum Gasteiger partial charge on any atom is 0.221 e. The molecule has 0 aliphatic heterocycles. The van der Waals surface area contributed by atoms with Crippen molar-refractivity contribution in [2.45, 2.75) is 31.3 Å². The van der Waals surface area contributed by atoms with Gasteiger partial charge in [-0.3, -0.25) is 4.79 Å². The van der Waals surface area contributed by atoms with Crippen LogP contribution in [0.1, 0.15) is 25.7 Å². The van der Waals surface area contributed by atoms with Gasteiger partial charge in [-0.15, -0.1) is 11.6 Å². The first-order valence-corrected chi connectivity index (χ1v) is 5.14. The molecule has 13 heavy (non-hydrogen) atoms. The maximum atomic E-state index is 11.1. The zero-order chi connectivity index (χ0) is 9.73. The Hall–Kier alpha value is -0.280. The highest BCUT2D eigenvalue weighted by molar-refractivity contribution is 6.18. The lowest BCUT2D eigenvalue weighted by molar-refractivity contribution is -0.124. The van der Waals surface area contributed by atoms with E-state index in [2.05, 4.69) is 5.32 Å². The highest BCUT2D eigenvalue weighted by Gasteiger charge is 2.36. The van der Waals surface area contributed by atoms with Crippen LogP contribution in [-0.4, -0.2) is 31.0 Å². The number of nitrogens with one attached hydrogen (secondary N) is 1. The number of carbonyl (C=O) groups excluding carboxylic acids is 1. The van der Waals surface area contributed by atoms with Crippen LogP contribution in [0.5, 0.6) is 0 Å². The number of methoxy groups -OCH3 is 1. The van der Waals surface area contributed by atoms with Crippen molar-refractivity contribution in [3.05, 3.63) is 0 Å². The first-order chi connectivity index (χ1) is 6.22. The van der Waals surface area contributed by atoms with E-state index >= 15 is 0 Å². The summed E-state index contributed by atoms with van der Waals surface area (Å²) in [5.41, 5.74) is -0.0814. The Balaban J connectivity index is 2.20. The van der Waals surface area contributed by atoms with Gasteiger partial charge in [0.1, 0.15) is 0 Å². The summed E-state index contributed by atoms with van der Waals surface area (Å²) in [4.78, 5) is 11.1. The molecule has 4 heteroatoms. The Labute approximate surface area is 83.8 Å². The zero-order valence-corrected chi connectivity index (χ0v) is 8.69. The molecule has 0 aromatic rings. The van der Waals surface area contributed by atoms with Crippen molar-refractivity contribution in [2.24, 2.45) is 0 Å². The number of hydrogen-bond acceptors (Lipinski definition) is 2. The zero-order valence-electron chi connectivity index (χ0n) is 7.94. The van der Waals surface area contributed by atoms with Crippen LogP contribution in [0, 0.1) is 0 Å². The molecule has 76 valence electrons. The van der Waals surface area contributed by atoms with Gasteiger partial charge in [-0.05, 0) is 19.3 Å². The molecule has 0 bridgehead atoms. The average molecular weight is 206 g/mol. The summed E-state index contributed by atoms with van der Waals surface area (Å²) in [6, 6.07) is 0. The largest absolute Gasteiger partial charge is 0.376 e. The van der Waals surface area contributed by atoms with Crippen LogP contribution >= 0.6 is 11.6 Å². The molecule has 0 saturated heterocycles. The summed E-state index contributed by atoms with van der Waals surface area (Å²) in [5.74, 6) is 0.393. The van der Waals surface area contributed by atoms with Crippen molar-refractivity contribution in [2.75, 3.05) is 19.5 Å². The third-order valence-electron chi connectivity index (χ3n) is 2.63. The van der Waals surface area contributed by atoms with Gasteiger partial charge in [0.05, 0.1) is 5.60 Å². The van der Waals surface area contributed by atoms with Crippen molar-refractivity contribution in [1.82, 2.24) is 5.32 Å². The Kier molecular flexibility index (Phi) is 4.00. The second-order valence-corrected chi connectivity index (χ2v) is 3.83. The van der Waals surface area contributed by atoms with Crippen molar-refractivity contribution in [3.8, 4) is 0 Å². The van der Waals surface area contributed by atoms with Crippen LogP contribution in [0.15, 0.2) is 0 Å². The Morgan fingerprint density at radius 2 is 2.31 bits per heavy atom. The summed E-state index contributed by atoms with van der Waals surface area (Å²) in [7, 11) is 1.70. The van der Waals surface area contributed by atoms with Crippen LogP contribution in [-0.2, 0) is 9.53 Å². The standard InChI is InChI=1S/C9H16ClNO2/c1-13-9(4-2-5-9)7-11-8(12)3-6-10/h2-7H2,1H3,(H,11,12). The summed E-state index contributed by atoms with van der Waals surface area (Å²) in [6.45, 7) is 0.624. The van der Waals surface area contributed by atoms with Gasteiger partial charge in [-0.2, -0.15) is 0 Å². The van der Waals surface area contributed by atoms with Gasteiger partial charge >= 0.3 is 0 Å². The van der Waals surface area contributed by atoms with Gasteiger partial charge in [-0.25, -0.2) is 0 Å². The van der Waals surface area contributed by atoms with Crippen molar-refractivity contribution < 1.29 is 9.53 Å². The van der Waals surface area contributed by atoms with E-state index in [1.165, 1.54) is 6.42 Å². The highest BCUT2D eigenvalue weighted by Crippen LogP contribution is 2.34. The quantitative estimate of drug-likeness (QED) is 0.688. The molecule has 1 aliphatic rings. The highest BCUT2D eigenvalue weighted by atomic mass is 35.5. The molecule has 1 amide bonds. The van der Waals surface area contributed by atoms with E-state index in [0.717, 1.165) is 12.8 Å². The Bertz CT molecular complexity index is 175. The second-order valence-electron chi connectivity index (χ2n) is 3.46. The second kappa shape index (κ2) is 4.82. The van der Waals surface area contributed by atoms with Gasteiger partial charge in [-0.1, -0.05) is 0 Å². The predicted octanol–water partition coefficient (Wildman–Crippen LogP) is 1.30. The normalized spacial score (nSPS) is 19.2. The van der Waals surface area contributed by atoms with Gasteiger partial charge in [0, 0.05) is 26.0 Å². The van der Waals surface area contributed by atoms with Crippen LogP contribution in [0.25, 0.3) is 0 Å². The van der Waals surface area contributed by atoms with Crippen LogP contribution in [0.2, 0.25) is 0 Å². The molecule has 0 spiro atoms. The molecule has 1 aliphatic carbocycles. The van der Waals surface area contributed by atoms with Crippen molar-refractivity contribution in [1.29, 1.82) is 0 Å². The van der Waals surface area contributed by atoms with E-state index in [1.807, 2.05) is 0 Å². The molecular weight excluding hydrogens is 190 g/mol. The lowest BCUT2D eigenvalue weighted by Crippen LogP contribution is -2.49. The average Bonchev–Trinajstić information content (AvgIpc) is 2.04. The number of halogens is 1. The third kappa shape index (κ3) is 2.85. The van der Waals surface area contributed by atoms with Crippen molar-refractivity contribution >= 4 is 17.5 Å². The lowest BCUT2D eigenvalue weighted by Gasteiger charge is -2.40. The molecule has 0 unspecified atom stereocenters. The van der Waals surface area contributed by atoms with Crippen LogP contribution in [0.4, 0.5) is 0 Å². The van der Waals surface area contributed by atoms with E-state index < -0.39 is 0 Å². The first kappa shape index (κ1) is 10.8. The molecule has 1 fully saturated rings. The molecular formula is C9H16ClNO2. The number of carbonyl (C=O) groups is 1. The van der Waals surface area contributed by atoms with Gasteiger partial charge in [0.25, 0.3) is 0 Å². The number of rotatable bonds is 5. The van der Waals surface area contributed by atoms with Gasteiger partial charge in [0.15, 0.2) is 0 Å². The first-order valence-electron chi connectivity index (χ1n) is 4.60. The van der Waals surface area contributed by atoms with Crippen LogP contribution < -0.4 is 5.32 Å². The fourth-order valence-electron chi connectivity index (χ4n) is 1.46. The third-order valence-corrected chi connectivity index (χ3v) is 2.82. The fraction of sp³-hybridized carbons (Fsp3) is 0.889. The van der Waals surface area contributed by atoms with Gasteiger partial charge < -0.3 is 10.1 Å². The molecule has 0 aromatic carbocycles. The smallest absolute Gasteiger partial charge is 0.221 e. The lowest BCUT2D eigenvalue weighted by atomic mass is 9.80. The molecule has 0 atom stereocenters. The topological polar surface area (TPSA) is 38.3 Å². The summed E-state index contributed by atoms with van der Waals surface area (Å²) in [6.07, 6.45) is 3.68. The van der Waals surface area contributed by atoms with Crippen molar-refractivity contribution in [3.63, 3.8) is 0 Å². The van der Waals surface area contributed by atoms with Gasteiger partial charge in [0.2, 0.25) is 5.91 Å². The number of hydrogen-bond donors (Lipinski definition) is 1. The molecule has 1 rings (SSSR count). The molecule has 0 radical (unpaired) electrons. The molecule has 1 N–H and O–H groups in total. The Morgan fingerprint density at radius 1 is 1.62 bits per heavy atom. The maximum absolute atomic E-state index is 11.1. The number of amides is 1. The summed E-state index contributed by atoms with van der Waals surface area (Å²) < 4.78 is 5.35. The monoisotopic (exact) mass is 205 g/mol. The fourth-order valence-corrected chi connectivity index (χ4v) is 1.63. The van der Waals surface area contributed by atoms with Crippen LogP contribution in [0.3, 0.4) is 0 Å².